The lowest BCUT2D eigenvalue weighted by Gasteiger charge is -2.10. The number of nitrogens with one attached hydrogen (secondary N) is 1. The Bertz CT molecular complexity index is 737. The fraction of sp³-hybridized carbons (Fsp3) is 0.294. The van der Waals surface area contributed by atoms with Gasteiger partial charge in [-0.2, -0.15) is 5.48 Å². The van der Waals surface area contributed by atoms with Crippen molar-refractivity contribution in [2.24, 2.45) is 0 Å². The van der Waals surface area contributed by atoms with Gasteiger partial charge in [0.2, 0.25) is 0 Å². The maximum atomic E-state index is 11.6. The molecule has 0 spiro atoms. The Morgan fingerprint density at radius 2 is 2.22 bits per heavy atom. The van der Waals surface area contributed by atoms with Crippen LogP contribution in [0, 0.1) is 9.85 Å². The van der Waals surface area contributed by atoms with Crippen LogP contribution >= 0.6 is 22.6 Å². The number of unbranched alkanes of at least 4 members (excludes halogenated alkanes) is 1. The summed E-state index contributed by atoms with van der Waals surface area (Å²) < 4.78 is 7.80. The van der Waals surface area contributed by atoms with Crippen molar-refractivity contribution < 1.29 is 14.4 Å². The van der Waals surface area contributed by atoms with Crippen LogP contribution in [0.1, 0.15) is 25.3 Å². The zero-order valence-corrected chi connectivity index (χ0v) is 14.9. The molecular weight excluding hydrogens is 407 g/mol. The van der Waals surface area contributed by atoms with E-state index in [9.17, 15) is 4.79 Å². The number of fused-ring (bicyclic) bond motifs is 1. The molecule has 1 aromatic heterocycles. The van der Waals surface area contributed by atoms with Crippen LogP contribution in [-0.2, 0) is 11.2 Å². The van der Waals surface area contributed by atoms with E-state index in [2.05, 4.69) is 20.3 Å². The Morgan fingerprint density at radius 1 is 1.39 bits per heavy atom. The Morgan fingerprint density at radius 3 is 3.00 bits per heavy atom. The highest BCUT2D eigenvalue weighted by Gasteiger charge is 2.10. The van der Waals surface area contributed by atoms with Crippen molar-refractivity contribution in [1.29, 1.82) is 0 Å². The van der Waals surface area contributed by atoms with Gasteiger partial charge >= 0.3 is 6.09 Å². The summed E-state index contributed by atoms with van der Waals surface area (Å²) in [5.74, 6) is 3.30. The molecule has 1 aromatic carbocycles. The molecule has 0 bridgehead atoms. The van der Waals surface area contributed by atoms with Crippen molar-refractivity contribution >= 4 is 39.6 Å². The lowest BCUT2D eigenvalue weighted by molar-refractivity contribution is 0.0966. The fourth-order valence-corrected chi connectivity index (χ4v) is 2.11. The highest BCUT2D eigenvalue weighted by Crippen LogP contribution is 2.22. The van der Waals surface area contributed by atoms with Gasteiger partial charge in [0.1, 0.15) is 0 Å². The molecule has 23 heavy (non-hydrogen) atoms. The van der Waals surface area contributed by atoms with Crippen molar-refractivity contribution in [3.63, 3.8) is 0 Å². The third-order valence-electron chi connectivity index (χ3n) is 3.07. The largest absolute Gasteiger partial charge is 0.447 e. The van der Waals surface area contributed by atoms with E-state index in [0.717, 1.165) is 29.3 Å². The van der Waals surface area contributed by atoms with Crippen molar-refractivity contribution in [3.8, 4) is 15.7 Å². The van der Waals surface area contributed by atoms with E-state index < -0.39 is 6.09 Å². The van der Waals surface area contributed by atoms with Crippen molar-refractivity contribution in [2.45, 2.75) is 26.2 Å². The van der Waals surface area contributed by atoms with Gasteiger partial charge < -0.3 is 9.57 Å². The summed E-state index contributed by atoms with van der Waals surface area (Å²) >= 11 is 1.98. The molecule has 0 aliphatic carbocycles. The van der Waals surface area contributed by atoms with Gasteiger partial charge in [-0.15, -0.1) is 0 Å². The predicted octanol–water partition coefficient (Wildman–Crippen LogP) is 3.99. The van der Waals surface area contributed by atoms with Crippen LogP contribution in [0.2, 0.25) is 0 Å². The van der Waals surface area contributed by atoms with Gasteiger partial charge in [-0.25, -0.2) is 9.78 Å². The van der Waals surface area contributed by atoms with E-state index in [-0.39, 0.29) is 0 Å². The normalized spacial score (nSPS) is 9.83. The maximum absolute atomic E-state index is 11.6. The molecular formula is C17H17IN2O3. The van der Waals surface area contributed by atoms with Crippen LogP contribution in [-0.4, -0.2) is 17.7 Å². The number of hydroxylamine groups is 1. The van der Waals surface area contributed by atoms with E-state index in [1.807, 2.05) is 59.8 Å². The highest BCUT2D eigenvalue weighted by molar-refractivity contribution is 14.1. The third-order valence-corrected chi connectivity index (χ3v) is 3.45. The summed E-state index contributed by atoms with van der Waals surface area (Å²) in [6, 6.07) is 9.66. The standard InChI is InChI=1S/C17H17IN2O3/c1-2-3-11-22-17(21)20-23-16-14(8-6-10-18)12-13-7-4-5-9-15(13)19-16/h4-5,7,9,12H,2-3,8,11H2,1H3,(H,20,21). The monoisotopic (exact) mass is 424 g/mol. The number of amides is 1. The number of halogens is 1. The molecule has 0 radical (unpaired) electrons. The average Bonchev–Trinajstić information content (AvgIpc) is 2.58. The maximum Gasteiger partial charge on any atom is 0.440 e. The molecule has 1 amide bonds. The minimum atomic E-state index is -0.626. The van der Waals surface area contributed by atoms with E-state index in [1.54, 1.807) is 0 Å². The molecule has 120 valence electrons. The lowest BCUT2D eigenvalue weighted by Crippen LogP contribution is -2.28. The summed E-state index contributed by atoms with van der Waals surface area (Å²) in [5, 5.41) is 0.996. The summed E-state index contributed by atoms with van der Waals surface area (Å²) in [6.45, 7) is 2.39. The molecule has 0 fully saturated rings. The number of pyridine rings is 1. The molecule has 0 atom stereocenters. The molecule has 0 saturated carbocycles. The van der Waals surface area contributed by atoms with Gasteiger partial charge in [-0.05, 0) is 22.5 Å². The van der Waals surface area contributed by atoms with E-state index in [0.29, 0.717) is 18.9 Å². The van der Waals surface area contributed by atoms with Crippen LogP contribution in [0.5, 0.6) is 5.88 Å². The molecule has 0 aliphatic heterocycles. The molecule has 1 heterocycles. The predicted molar refractivity (Wildman–Crippen MR) is 97.3 cm³/mol. The van der Waals surface area contributed by atoms with Crippen molar-refractivity contribution in [2.75, 3.05) is 6.61 Å². The average molecular weight is 424 g/mol. The summed E-state index contributed by atoms with van der Waals surface area (Å²) in [4.78, 5) is 21.3. The van der Waals surface area contributed by atoms with Crippen LogP contribution in [0.4, 0.5) is 4.79 Å². The van der Waals surface area contributed by atoms with Crippen LogP contribution in [0.15, 0.2) is 30.3 Å². The number of hydrogen-bond acceptors (Lipinski definition) is 4. The zero-order valence-electron chi connectivity index (χ0n) is 12.8. The number of carbonyl (C=O) groups is 1. The molecule has 0 unspecified atom stereocenters. The molecule has 2 aromatic rings. The number of para-hydroxylation sites is 1. The van der Waals surface area contributed by atoms with Gasteiger partial charge in [0.25, 0.3) is 5.88 Å². The number of benzene rings is 1. The minimum Gasteiger partial charge on any atom is -0.447 e. The van der Waals surface area contributed by atoms with E-state index >= 15 is 0 Å². The van der Waals surface area contributed by atoms with Gasteiger partial charge in [0.15, 0.2) is 0 Å². The third kappa shape index (κ3) is 5.28. The highest BCUT2D eigenvalue weighted by atomic mass is 127. The quantitative estimate of drug-likeness (QED) is 0.330. The van der Waals surface area contributed by atoms with Gasteiger partial charge in [-0.1, -0.05) is 37.5 Å². The molecule has 0 saturated heterocycles. The number of ether oxygens (including phenoxy) is 1. The van der Waals surface area contributed by atoms with Crippen LogP contribution < -0.4 is 10.3 Å². The molecule has 6 heteroatoms. The van der Waals surface area contributed by atoms with Gasteiger partial charge in [0.05, 0.1) is 12.1 Å². The molecule has 1 N–H and O–H groups in total. The van der Waals surface area contributed by atoms with E-state index in [1.165, 1.54) is 0 Å². The second-order valence-corrected chi connectivity index (χ2v) is 5.33. The Kier molecular flexibility index (Phi) is 6.94. The number of hydrogen-bond donors (Lipinski definition) is 1. The van der Waals surface area contributed by atoms with E-state index in [4.69, 9.17) is 9.57 Å². The number of aromatic nitrogens is 1. The summed E-state index contributed by atoms with van der Waals surface area (Å²) in [6.07, 6.45) is 1.64. The minimum absolute atomic E-state index is 0.329. The molecule has 2 rings (SSSR count). The molecule has 0 aliphatic rings. The summed E-state index contributed by atoms with van der Waals surface area (Å²) in [7, 11) is 0. The van der Waals surface area contributed by atoms with Gasteiger partial charge in [0, 0.05) is 40.0 Å². The Hall–Kier alpha value is -2.01. The topological polar surface area (TPSA) is 60.5 Å². The first-order valence-corrected chi connectivity index (χ1v) is 8.39. The SMILES string of the molecule is CCCCOC(=O)NOc1nc2ccccc2cc1CC#CI. The van der Waals surface area contributed by atoms with Gasteiger partial charge in [-0.3, -0.25) is 0 Å². The van der Waals surface area contributed by atoms with Crippen LogP contribution in [0.25, 0.3) is 10.9 Å². The Balaban J connectivity index is 2.12. The number of rotatable bonds is 6. The lowest BCUT2D eigenvalue weighted by atomic mass is 10.1. The second-order valence-electron chi connectivity index (χ2n) is 4.79. The fourth-order valence-electron chi connectivity index (χ4n) is 1.91. The first-order valence-electron chi connectivity index (χ1n) is 7.31. The smallest absolute Gasteiger partial charge is 0.440 e. The first kappa shape index (κ1) is 17.3. The summed E-state index contributed by atoms with van der Waals surface area (Å²) in [5.41, 5.74) is 3.86. The first-order chi connectivity index (χ1) is 11.2. The second kappa shape index (κ2) is 9.20. The number of nitrogens with zero attached hydrogens (tertiary/aromatic N) is 1. The zero-order chi connectivity index (χ0) is 16.5. The van der Waals surface area contributed by atoms with Crippen molar-refractivity contribution in [3.05, 3.63) is 35.9 Å². The van der Waals surface area contributed by atoms with Crippen LogP contribution in [0.3, 0.4) is 0 Å². The number of carbonyl (C=O) groups excluding carboxylic acids is 1. The molecule has 5 nitrogen and oxygen atoms in total. The van der Waals surface area contributed by atoms with Crippen molar-refractivity contribution in [1.82, 2.24) is 10.5 Å². The Labute approximate surface area is 148 Å².